The molecular formula is C14H18BrCl2N. The van der Waals surface area contributed by atoms with Gasteiger partial charge in [0.05, 0.1) is 15.7 Å². The fourth-order valence-electron chi connectivity index (χ4n) is 2.72. The molecule has 18 heavy (non-hydrogen) atoms. The molecule has 2 rings (SSSR count). The summed E-state index contributed by atoms with van der Waals surface area (Å²) in [6, 6.07) is 4.47. The average Bonchev–Trinajstić information content (AvgIpc) is 2.40. The van der Waals surface area contributed by atoms with Gasteiger partial charge in [0.1, 0.15) is 0 Å². The zero-order chi connectivity index (χ0) is 13.1. The van der Waals surface area contributed by atoms with E-state index in [-0.39, 0.29) is 0 Å². The average molecular weight is 351 g/mol. The summed E-state index contributed by atoms with van der Waals surface area (Å²) in [5, 5.41) is 4.79. The normalized spacial score (nSPS) is 24.0. The van der Waals surface area contributed by atoms with Gasteiger partial charge >= 0.3 is 0 Å². The van der Waals surface area contributed by atoms with Gasteiger partial charge in [-0.3, -0.25) is 0 Å². The van der Waals surface area contributed by atoms with Crippen LogP contribution in [0.15, 0.2) is 16.6 Å². The van der Waals surface area contributed by atoms with Crippen molar-refractivity contribution < 1.29 is 0 Å². The first-order valence-electron chi connectivity index (χ1n) is 6.53. The summed E-state index contributed by atoms with van der Waals surface area (Å²) in [7, 11) is 0. The first-order valence-corrected chi connectivity index (χ1v) is 8.08. The quantitative estimate of drug-likeness (QED) is 0.646. The molecule has 0 heterocycles. The van der Waals surface area contributed by atoms with Crippen LogP contribution in [0, 0.1) is 5.92 Å². The first kappa shape index (κ1) is 14.5. The molecule has 100 valence electrons. The molecule has 1 N–H and O–H groups in total. The van der Waals surface area contributed by atoms with Crippen molar-refractivity contribution >= 4 is 44.8 Å². The van der Waals surface area contributed by atoms with E-state index in [2.05, 4.69) is 28.2 Å². The minimum absolute atomic E-state index is 0.526. The summed E-state index contributed by atoms with van der Waals surface area (Å²) in [6.07, 6.45) is 6.42. The highest BCUT2D eigenvalue weighted by molar-refractivity contribution is 9.10. The Balaban J connectivity index is 2.15. The molecular weight excluding hydrogens is 333 g/mol. The first-order chi connectivity index (χ1) is 8.63. The summed E-state index contributed by atoms with van der Waals surface area (Å²) in [4.78, 5) is 0. The van der Waals surface area contributed by atoms with E-state index in [0.717, 1.165) is 16.1 Å². The summed E-state index contributed by atoms with van der Waals surface area (Å²) < 4.78 is 0.843. The standard InChI is InChI=1S/C14H18BrCl2N/c1-2-9-5-3-4-6-11(9)18-12-8-7-10(15)13(16)14(12)17/h7-9,11,18H,2-6H2,1H3. The third-order valence-electron chi connectivity index (χ3n) is 3.81. The van der Waals surface area contributed by atoms with Crippen molar-refractivity contribution in [3.05, 3.63) is 26.7 Å². The minimum Gasteiger partial charge on any atom is -0.381 e. The second kappa shape index (κ2) is 6.49. The van der Waals surface area contributed by atoms with E-state index < -0.39 is 0 Å². The van der Waals surface area contributed by atoms with Crippen LogP contribution >= 0.6 is 39.1 Å². The van der Waals surface area contributed by atoms with Crippen LogP contribution < -0.4 is 5.32 Å². The molecule has 0 radical (unpaired) electrons. The Morgan fingerprint density at radius 1 is 1.22 bits per heavy atom. The van der Waals surface area contributed by atoms with Crippen molar-refractivity contribution in [1.29, 1.82) is 0 Å². The van der Waals surface area contributed by atoms with Crippen LogP contribution in [-0.2, 0) is 0 Å². The van der Waals surface area contributed by atoms with E-state index in [1.807, 2.05) is 12.1 Å². The number of rotatable bonds is 3. The minimum atomic E-state index is 0.526. The third kappa shape index (κ3) is 3.15. The van der Waals surface area contributed by atoms with Crippen LogP contribution in [0.1, 0.15) is 39.0 Å². The summed E-state index contributed by atoms with van der Waals surface area (Å²) in [5.74, 6) is 0.747. The van der Waals surface area contributed by atoms with Crippen molar-refractivity contribution in [3.8, 4) is 0 Å². The molecule has 0 saturated heterocycles. The van der Waals surface area contributed by atoms with E-state index in [1.165, 1.54) is 32.1 Å². The molecule has 4 heteroatoms. The van der Waals surface area contributed by atoms with Gasteiger partial charge in [0.25, 0.3) is 0 Å². The highest BCUT2D eigenvalue weighted by atomic mass is 79.9. The van der Waals surface area contributed by atoms with E-state index >= 15 is 0 Å². The predicted molar refractivity (Wildman–Crippen MR) is 83.8 cm³/mol. The fraction of sp³-hybridized carbons (Fsp3) is 0.571. The maximum Gasteiger partial charge on any atom is 0.0835 e. The molecule has 1 nitrogen and oxygen atoms in total. The Morgan fingerprint density at radius 3 is 2.67 bits per heavy atom. The fourth-order valence-corrected chi connectivity index (χ4v) is 3.55. The van der Waals surface area contributed by atoms with Gasteiger partial charge in [0.2, 0.25) is 0 Å². The highest BCUT2D eigenvalue weighted by Crippen LogP contribution is 2.38. The second-order valence-electron chi connectivity index (χ2n) is 4.93. The van der Waals surface area contributed by atoms with Crippen LogP contribution in [0.3, 0.4) is 0 Å². The summed E-state index contributed by atoms with van der Waals surface area (Å²) in [6.45, 7) is 2.26. The molecule has 1 aromatic rings. The molecule has 1 aromatic carbocycles. The lowest BCUT2D eigenvalue weighted by Crippen LogP contribution is -2.31. The van der Waals surface area contributed by atoms with Gasteiger partial charge in [-0.25, -0.2) is 0 Å². The molecule has 0 bridgehead atoms. The Hall–Kier alpha value is 0.0800. The SMILES string of the molecule is CCC1CCCCC1Nc1ccc(Br)c(Cl)c1Cl. The maximum absolute atomic E-state index is 6.28. The topological polar surface area (TPSA) is 12.0 Å². The Kier molecular flexibility index (Phi) is 5.23. The van der Waals surface area contributed by atoms with Crippen LogP contribution in [0.5, 0.6) is 0 Å². The molecule has 0 spiro atoms. The van der Waals surface area contributed by atoms with Gasteiger partial charge in [0.15, 0.2) is 0 Å². The molecule has 0 amide bonds. The van der Waals surface area contributed by atoms with Crippen LogP contribution in [0.25, 0.3) is 0 Å². The van der Waals surface area contributed by atoms with Crippen molar-refractivity contribution in [3.63, 3.8) is 0 Å². The van der Waals surface area contributed by atoms with Gasteiger partial charge in [-0.15, -0.1) is 0 Å². The van der Waals surface area contributed by atoms with E-state index in [1.54, 1.807) is 0 Å². The maximum atomic E-state index is 6.28. The zero-order valence-electron chi connectivity index (χ0n) is 10.5. The summed E-state index contributed by atoms with van der Waals surface area (Å²) in [5.41, 5.74) is 0.954. The smallest absolute Gasteiger partial charge is 0.0835 e. The van der Waals surface area contributed by atoms with Crippen molar-refractivity contribution in [2.45, 2.75) is 45.1 Å². The zero-order valence-corrected chi connectivity index (χ0v) is 13.6. The van der Waals surface area contributed by atoms with Gasteiger partial charge in [0, 0.05) is 10.5 Å². The molecule has 0 aliphatic heterocycles. The summed E-state index contributed by atoms with van der Waals surface area (Å²) >= 11 is 15.8. The molecule has 2 unspecified atom stereocenters. The number of anilines is 1. The number of benzene rings is 1. The predicted octanol–water partition coefficient (Wildman–Crippen LogP) is 6.14. The van der Waals surface area contributed by atoms with Gasteiger partial charge in [-0.2, -0.15) is 0 Å². The lowest BCUT2D eigenvalue weighted by molar-refractivity contribution is 0.317. The van der Waals surface area contributed by atoms with Crippen molar-refractivity contribution in [2.24, 2.45) is 5.92 Å². The number of halogens is 3. The van der Waals surface area contributed by atoms with Crippen LogP contribution in [0.4, 0.5) is 5.69 Å². The number of nitrogens with one attached hydrogen (secondary N) is 1. The van der Waals surface area contributed by atoms with Gasteiger partial charge in [-0.05, 0) is 46.8 Å². The van der Waals surface area contributed by atoms with E-state index in [9.17, 15) is 0 Å². The van der Waals surface area contributed by atoms with Crippen LogP contribution in [0.2, 0.25) is 10.0 Å². The molecule has 1 fully saturated rings. The molecule has 0 aromatic heterocycles. The van der Waals surface area contributed by atoms with Crippen LogP contribution in [-0.4, -0.2) is 6.04 Å². The van der Waals surface area contributed by atoms with Gasteiger partial charge < -0.3 is 5.32 Å². The largest absolute Gasteiger partial charge is 0.381 e. The Bertz CT molecular complexity index is 423. The third-order valence-corrected chi connectivity index (χ3v) is 5.58. The number of hydrogen-bond acceptors (Lipinski definition) is 1. The molecule has 1 aliphatic rings. The molecule has 2 atom stereocenters. The van der Waals surface area contributed by atoms with Crippen molar-refractivity contribution in [1.82, 2.24) is 0 Å². The van der Waals surface area contributed by atoms with Crippen molar-refractivity contribution in [2.75, 3.05) is 5.32 Å². The Morgan fingerprint density at radius 2 is 1.94 bits per heavy atom. The molecule has 1 saturated carbocycles. The van der Waals surface area contributed by atoms with E-state index in [4.69, 9.17) is 23.2 Å². The monoisotopic (exact) mass is 349 g/mol. The molecule has 1 aliphatic carbocycles. The second-order valence-corrected chi connectivity index (χ2v) is 6.54. The highest BCUT2D eigenvalue weighted by Gasteiger charge is 2.24. The van der Waals surface area contributed by atoms with E-state index in [0.29, 0.717) is 16.1 Å². The lowest BCUT2D eigenvalue weighted by atomic mass is 9.83. The van der Waals surface area contributed by atoms with Gasteiger partial charge in [-0.1, -0.05) is 49.4 Å². The Labute approximate surface area is 127 Å². The lowest BCUT2D eigenvalue weighted by Gasteiger charge is -2.32. The number of hydrogen-bond donors (Lipinski definition) is 1.